The Morgan fingerprint density at radius 3 is 2.55 bits per heavy atom. The van der Waals surface area contributed by atoms with Crippen LogP contribution in [0.25, 0.3) is 11.0 Å². The number of rotatable bonds is 9. The van der Waals surface area contributed by atoms with Gasteiger partial charge in [-0.05, 0) is 44.0 Å². The quantitative estimate of drug-likeness (QED) is 0.160. The first-order valence-electron chi connectivity index (χ1n) is 11.4. The topological polar surface area (TPSA) is 95.3 Å². The number of fused-ring (bicyclic) bond motifs is 1. The number of likely N-dealkylation sites (tertiary alicyclic amines) is 1. The lowest BCUT2D eigenvalue weighted by atomic mass is 10.1. The van der Waals surface area contributed by atoms with Crippen LogP contribution in [0, 0.1) is 0 Å². The molecule has 178 valence electrons. The summed E-state index contributed by atoms with van der Waals surface area (Å²) in [7, 11) is 1.88. The standard InChI is InChI=1S/C23H33N9.HI/c1-3-24-23(26-11-10-25-21-20-15-30-31(2)22(20)29-17-28-21)27-14-18-6-8-19(9-7-18)16-32-12-4-5-13-32;/h6-9,15,17H,3-5,10-14,16H2,1-2H3,(H2,24,26,27)(H,25,28,29);1H. The molecule has 1 aromatic carbocycles. The molecular weight excluding hydrogens is 529 g/mol. The number of guanidine groups is 1. The lowest BCUT2D eigenvalue weighted by molar-refractivity contribution is 0.331. The van der Waals surface area contributed by atoms with E-state index in [0.29, 0.717) is 19.6 Å². The van der Waals surface area contributed by atoms with Crippen LogP contribution in [-0.4, -0.2) is 63.3 Å². The third-order valence-corrected chi connectivity index (χ3v) is 5.63. The first-order valence-corrected chi connectivity index (χ1v) is 11.4. The molecule has 0 atom stereocenters. The zero-order valence-corrected chi connectivity index (χ0v) is 21.7. The van der Waals surface area contributed by atoms with Gasteiger partial charge in [-0.1, -0.05) is 24.3 Å². The molecule has 33 heavy (non-hydrogen) atoms. The molecule has 1 fully saturated rings. The van der Waals surface area contributed by atoms with E-state index in [1.807, 2.05) is 7.05 Å². The Kier molecular flexibility index (Phi) is 9.67. The number of anilines is 1. The first-order chi connectivity index (χ1) is 15.7. The molecule has 0 aliphatic carbocycles. The predicted octanol–water partition coefficient (Wildman–Crippen LogP) is 2.74. The summed E-state index contributed by atoms with van der Waals surface area (Å²) < 4.78 is 1.75. The van der Waals surface area contributed by atoms with Gasteiger partial charge in [-0.25, -0.2) is 15.0 Å². The summed E-state index contributed by atoms with van der Waals surface area (Å²) in [6.45, 7) is 8.46. The van der Waals surface area contributed by atoms with Crippen molar-refractivity contribution in [2.45, 2.75) is 32.9 Å². The lowest BCUT2D eigenvalue weighted by Crippen LogP contribution is -2.39. The number of aryl methyl sites for hydroxylation is 1. The van der Waals surface area contributed by atoms with Gasteiger partial charge in [0.25, 0.3) is 0 Å². The van der Waals surface area contributed by atoms with Crippen molar-refractivity contribution in [2.24, 2.45) is 12.0 Å². The van der Waals surface area contributed by atoms with Crippen molar-refractivity contribution >= 4 is 46.8 Å². The molecular formula is C23H34IN9. The molecule has 0 radical (unpaired) electrons. The van der Waals surface area contributed by atoms with Crippen molar-refractivity contribution in [3.63, 3.8) is 0 Å². The summed E-state index contributed by atoms with van der Waals surface area (Å²) in [6, 6.07) is 8.84. The minimum atomic E-state index is 0. The highest BCUT2D eigenvalue weighted by atomic mass is 127. The second-order valence-electron chi connectivity index (χ2n) is 8.08. The van der Waals surface area contributed by atoms with E-state index in [2.05, 4.69) is 67.1 Å². The number of benzene rings is 1. The van der Waals surface area contributed by atoms with Gasteiger partial charge in [0.1, 0.15) is 12.1 Å². The van der Waals surface area contributed by atoms with Gasteiger partial charge in [0.05, 0.1) is 18.1 Å². The Morgan fingerprint density at radius 2 is 1.79 bits per heavy atom. The number of nitrogens with zero attached hydrogens (tertiary/aromatic N) is 6. The Bertz CT molecular complexity index is 1030. The average molecular weight is 563 g/mol. The molecule has 10 heteroatoms. The van der Waals surface area contributed by atoms with Crippen molar-refractivity contribution in [1.29, 1.82) is 0 Å². The van der Waals surface area contributed by atoms with Crippen LogP contribution in [0.1, 0.15) is 30.9 Å². The molecule has 1 saturated heterocycles. The van der Waals surface area contributed by atoms with E-state index in [9.17, 15) is 0 Å². The van der Waals surface area contributed by atoms with E-state index in [1.165, 1.54) is 37.1 Å². The average Bonchev–Trinajstić information content (AvgIpc) is 3.46. The van der Waals surface area contributed by atoms with Crippen LogP contribution >= 0.6 is 24.0 Å². The monoisotopic (exact) mass is 563 g/mol. The smallest absolute Gasteiger partial charge is 0.191 e. The molecule has 0 unspecified atom stereocenters. The van der Waals surface area contributed by atoms with Crippen LogP contribution < -0.4 is 16.0 Å². The Morgan fingerprint density at radius 1 is 1.03 bits per heavy atom. The minimum absolute atomic E-state index is 0. The van der Waals surface area contributed by atoms with Crippen molar-refractivity contribution < 1.29 is 0 Å². The Labute approximate surface area is 212 Å². The minimum Gasteiger partial charge on any atom is -0.368 e. The molecule has 0 amide bonds. The highest BCUT2D eigenvalue weighted by Gasteiger charge is 2.11. The fraction of sp³-hybridized carbons (Fsp3) is 0.478. The van der Waals surface area contributed by atoms with Crippen molar-refractivity contribution in [1.82, 2.24) is 35.3 Å². The summed E-state index contributed by atoms with van der Waals surface area (Å²) in [5, 5.41) is 15.2. The molecule has 9 nitrogen and oxygen atoms in total. The number of hydrogen-bond acceptors (Lipinski definition) is 6. The number of halogens is 1. The largest absolute Gasteiger partial charge is 0.368 e. The van der Waals surface area contributed by atoms with Gasteiger partial charge < -0.3 is 16.0 Å². The van der Waals surface area contributed by atoms with Crippen LogP contribution in [0.5, 0.6) is 0 Å². The van der Waals surface area contributed by atoms with E-state index in [4.69, 9.17) is 4.99 Å². The summed E-state index contributed by atoms with van der Waals surface area (Å²) in [6.07, 6.45) is 6.00. The van der Waals surface area contributed by atoms with Crippen LogP contribution in [0.4, 0.5) is 5.82 Å². The van der Waals surface area contributed by atoms with E-state index < -0.39 is 0 Å². The predicted molar refractivity (Wildman–Crippen MR) is 144 cm³/mol. The molecule has 1 aliphatic rings. The van der Waals surface area contributed by atoms with Crippen LogP contribution in [-0.2, 0) is 20.1 Å². The van der Waals surface area contributed by atoms with Gasteiger partial charge in [0.15, 0.2) is 11.6 Å². The second kappa shape index (κ2) is 12.7. The van der Waals surface area contributed by atoms with Gasteiger partial charge >= 0.3 is 0 Å². The summed E-state index contributed by atoms with van der Waals surface area (Å²) in [5.74, 6) is 1.60. The maximum absolute atomic E-state index is 4.73. The van der Waals surface area contributed by atoms with Crippen molar-refractivity contribution in [3.8, 4) is 0 Å². The molecule has 0 bridgehead atoms. The van der Waals surface area contributed by atoms with E-state index in [-0.39, 0.29) is 24.0 Å². The van der Waals surface area contributed by atoms with E-state index in [1.54, 1.807) is 17.2 Å². The number of aromatic nitrogens is 4. The summed E-state index contributed by atoms with van der Waals surface area (Å²) >= 11 is 0. The van der Waals surface area contributed by atoms with Gasteiger partial charge in [0, 0.05) is 33.2 Å². The van der Waals surface area contributed by atoms with E-state index in [0.717, 1.165) is 35.9 Å². The van der Waals surface area contributed by atoms with Crippen LogP contribution in [0.2, 0.25) is 0 Å². The summed E-state index contributed by atoms with van der Waals surface area (Å²) in [4.78, 5) is 15.9. The number of hydrogen-bond donors (Lipinski definition) is 3. The van der Waals surface area contributed by atoms with Crippen LogP contribution in [0.3, 0.4) is 0 Å². The third-order valence-electron chi connectivity index (χ3n) is 5.63. The highest BCUT2D eigenvalue weighted by molar-refractivity contribution is 14.0. The lowest BCUT2D eigenvalue weighted by Gasteiger charge is -2.14. The molecule has 3 aromatic rings. The maximum Gasteiger partial charge on any atom is 0.191 e. The third kappa shape index (κ3) is 7.00. The van der Waals surface area contributed by atoms with Crippen LogP contribution in [0.15, 0.2) is 41.8 Å². The number of nitrogens with one attached hydrogen (secondary N) is 3. The molecule has 4 rings (SSSR count). The second-order valence-corrected chi connectivity index (χ2v) is 8.08. The highest BCUT2D eigenvalue weighted by Crippen LogP contribution is 2.17. The maximum atomic E-state index is 4.73. The van der Waals surface area contributed by atoms with Gasteiger partial charge in [-0.3, -0.25) is 9.58 Å². The zero-order valence-electron chi connectivity index (χ0n) is 19.4. The van der Waals surface area contributed by atoms with Crippen molar-refractivity contribution in [2.75, 3.05) is 38.0 Å². The fourth-order valence-corrected chi connectivity index (χ4v) is 3.93. The normalized spacial score (nSPS) is 14.3. The van der Waals surface area contributed by atoms with Gasteiger partial charge in [-0.2, -0.15) is 5.10 Å². The molecule has 0 spiro atoms. The number of aliphatic imine (C=N–C) groups is 1. The first kappa shape index (κ1) is 25.2. The van der Waals surface area contributed by atoms with Gasteiger partial charge in [0.2, 0.25) is 0 Å². The molecule has 1 aliphatic heterocycles. The Balaban J connectivity index is 0.00000306. The molecule has 3 heterocycles. The SMILES string of the molecule is CCNC(=NCc1ccc(CN2CCCC2)cc1)NCCNc1ncnc2c1cnn2C.I. The molecule has 3 N–H and O–H groups in total. The Hall–Kier alpha value is -2.47. The van der Waals surface area contributed by atoms with E-state index >= 15 is 0 Å². The molecule has 0 saturated carbocycles. The van der Waals surface area contributed by atoms with Gasteiger partial charge in [-0.15, -0.1) is 24.0 Å². The summed E-state index contributed by atoms with van der Waals surface area (Å²) in [5.41, 5.74) is 3.41. The zero-order chi connectivity index (χ0) is 22.2. The fourth-order valence-electron chi connectivity index (χ4n) is 3.93. The molecule has 2 aromatic heterocycles. The van der Waals surface area contributed by atoms with Crippen molar-refractivity contribution in [3.05, 3.63) is 47.9 Å².